The van der Waals surface area contributed by atoms with Gasteiger partial charge in [0.25, 0.3) is 0 Å². The predicted octanol–water partition coefficient (Wildman–Crippen LogP) is 4.75. The number of rotatable bonds is 5. The van der Waals surface area contributed by atoms with Gasteiger partial charge in [0.1, 0.15) is 0 Å². The number of hydrogen-bond donors (Lipinski definition) is 2. The smallest absolute Gasteiger partial charge is 0.230 e. The fourth-order valence-electron chi connectivity index (χ4n) is 4.58. The molecular formula is C27H27N5O2. The van der Waals surface area contributed by atoms with Crippen molar-refractivity contribution in [2.75, 3.05) is 18.8 Å². The van der Waals surface area contributed by atoms with Crippen LogP contribution in [0.2, 0.25) is 0 Å². The zero-order chi connectivity index (χ0) is 23.7. The minimum absolute atomic E-state index is 0.158. The maximum atomic E-state index is 12.4. The lowest BCUT2D eigenvalue weighted by atomic mass is 10.0. The van der Waals surface area contributed by atoms with Gasteiger partial charge in [-0.05, 0) is 56.3 Å². The Balaban J connectivity index is 1.64. The summed E-state index contributed by atoms with van der Waals surface area (Å²) in [5, 5.41) is 11.9. The number of aromatic hydroxyl groups is 1. The molecule has 1 aliphatic rings. The number of aromatic nitrogens is 2. The summed E-state index contributed by atoms with van der Waals surface area (Å²) in [6.07, 6.45) is 4.24. The van der Waals surface area contributed by atoms with Crippen molar-refractivity contribution >= 4 is 33.9 Å². The molecule has 0 unspecified atom stereocenters. The average Bonchev–Trinajstić information content (AvgIpc) is 3.44. The van der Waals surface area contributed by atoms with Crippen LogP contribution in [0.5, 0.6) is 5.88 Å². The Morgan fingerprint density at radius 1 is 1.09 bits per heavy atom. The van der Waals surface area contributed by atoms with E-state index in [1.807, 2.05) is 48.5 Å². The van der Waals surface area contributed by atoms with E-state index in [0.717, 1.165) is 30.9 Å². The molecule has 3 N–H and O–H groups in total. The third-order valence-electron chi connectivity index (χ3n) is 6.20. The molecular weight excluding hydrogens is 426 g/mol. The molecule has 4 aromatic rings. The van der Waals surface area contributed by atoms with Crippen molar-refractivity contribution in [2.45, 2.75) is 26.3 Å². The molecule has 0 bridgehead atoms. The predicted molar refractivity (Wildman–Crippen MR) is 135 cm³/mol. The molecule has 0 radical (unpaired) electrons. The number of nitrogens with zero attached hydrogens (tertiary/aromatic N) is 4. The highest BCUT2D eigenvalue weighted by molar-refractivity contribution is 6.23. The van der Waals surface area contributed by atoms with Crippen LogP contribution >= 0.6 is 0 Å². The van der Waals surface area contributed by atoms with E-state index in [2.05, 4.69) is 9.88 Å². The molecule has 1 aliphatic heterocycles. The lowest BCUT2D eigenvalue weighted by molar-refractivity contribution is 0.0933. The van der Waals surface area contributed by atoms with Crippen molar-refractivity contribution in [1.29, 1.82) is 0 Å². The molecule has 7 heteroatoms. The van der Waals surface area contributed by atoms with E-state index in [-0.39, 0.29) is 11.8 Å². The Kier molecular flexibility index (Phi) is 5.86. The quantitative estimate of drug-likeness (QED) is 0.336. The monoisotopic (exact) mass is 453 g/mol. The van der Waals surface area contributed by atoms with Gasteiger partial charge in [0.05, 0.1) is 34.4 Å². The van der Waals surface area contributed by atoms with Crippen LogP contribution < -0.4 is 5.73 Å². The van der Waals surface area contributed by atoms with Crippen molar-refractivity contribution in [3.8, 4) is 5.88 Å². The van der Waals surface area contributed by atoms with E-state index in [4.69, 9.17) is 10.7 Å². The number of nitrogen functional groups attached to an aromatic ring is 1. The van der Waals surface area contributed by atoms with Gasteiger partial charge < -0.3 is 10.8 Å². The summed E-state index contributed by atoms with van der Waals surface area (Å²) in [5.74, 6) is -0.464. The molecule has 172 valence electrons. The third kappa shape index (κ3) is 4.18. The number of hydrogen-bond acceptors (Lipinski definition) is 6. The normalized spacial score (nSPS) is 14.7. The summed E-state index contributed by atoms with van der Waals surface area (Å²) in [5.41, 5.74) is 10.6. The molecule has 7 nitrogen and oxygen atoms in total. The Morgan fingerprint density at radius 3 is 2.53 bits per heavy atom. The van der Waals surface area contributed by atoms with E-state index >= 15 is 0 Å². The Labute approximate surface area is 198 Å². The highest BCUT2D eigenvalue weighted by Gasteiger charge is 2.24. The zero-order valence-corrected chi connectivity index (χ0v) is 19.1. The fraction of sp³-hybridized carbons (Fsp3) is 0.222. The van der Waals surface area contributed by atoms with E-state index in [1.54, 1.807) is 18.3 Å². The highest BCUT2D eigenvalue weighted by Crippen LogP contribution is 2.35. The van der Waals surface area contributed by atoms with Crippen LogP contribution in [-0.2, 0) is 6.54 Å². The Morgan fingerprint density at radius 2 is 1.85 bits per heavy atom. The Hall–Kier alpha value is -3.97. The minimum atomic E-state index is -0.306. The van der Waals surface area contributed by atoms with Gasteiger partial charge in [0.2, 0.25) is 11.8 Å². The SMILES string of the molecule is CC(=O)n1c(O)c(C(=Nc2ccc(CN3CCCC3)nc2)c2ccccc2)c2ccc(N)cc21. The van der Waals surface area contributed by atoms with E-state index in [1.165, 1.54) is 24.3 Å². The summed E-state index contributed by atoms with van der Waals surface area (Å²) >= 11 is 0. The number of carbonyl (C=O) groups excluding carboxylic acids is 1. The first kappa shape index (κ1) is 21.9. The van der Waals surface area contributed by atoms with Crippen LogP contribution in [-0.4, -0.2) is 44.3 Å². The van der Waals surface area contributed by atoms with Crippen molar-refractivity contribution < 1.29 is 9.90 Å². The van der Waals surface area contributed by atoms with Crippen LogP contribution in [0.3, 0.4) is 0 Å². The van der Waals surface area contributed by atoms with Gasteiger partial charge >= 0.3 is 0 Å². The van der Waals surface area contributed by atoms with Crippen molar-refractivity contribution in [3.05, 3.63) is 83.7 Å². The van der Waals surface area contributed by atoms with Crippen LogP contribution in [0.25, 0.3) is 10.9 Å². The molecule has 0 spiro atoms. The van der Waals surface area contributed by atoms with Crippen molar-refractivity contribution in [2.24, 2.45) is 4.99 Å². The highest BCUT2D eigenvalue weighted by atomic mass is 16.3. The van der Waals surface area contributed by atoms with E-state index < -0.39 is 0 Å². The molecule has 0 aliphatic carbocycles. The average molecular weight is 454 g/mol. The number of benzene rings is 2. The summed E-state index contributed by atoms with van der Waals surface area (Å²) in [7, 11) is 0. The second-order valence-corrected chi connectivity index (χ2v) is 8.65. The summed E-state index contributed by atoms with van der Waals surface area (Å²) in [4.78, 5) is 24.3. The number of fused-ring (bicyclic) bond motifs is 1. The third-order valence-corrected chi connectivity index (χ3v) is 6.20. The maximum absolute atomic E-state index is 12.4. The minimum Gasteiger partial charge on any atom is -0.494 e. The number of nitrogens with two attached hydrogens (primary N) is 1. The van der Waals surface area contributed by atoms with Crippen molar-refractivity contribution in [1.82, 2.24) is 14.5 Å². The second kappa shape index (κ2) is 9.11. The first-order valence-electron chi connectivity index (χ1n) is 11.5. The molecule has 0 amide bonds. The van der Waals surface area contributed by atoms with Gasteiger partial charge in [-0.25, -0.2) is 4.99 Å². The first-order chi connectivity index (χ1) is 16.5. The maximum Gasteiger partial charge on any atom is 0.230 e. The number of carbonyl (C=O) groups is 1. The molecule has 34 heavy (non-hydrogen) atoms. The molecule has 2 aromatic carbocycles. The number of likely N-dealkylation sites (tertiary alicyclic amines) is 1. The van der Waals surface area contributed by atoms with Gasteiger partial charge in [0, 0.05) is 30.1 Å². The molecule has 5 rings (SSSR count). The number of anilines is 1. The van der Waals surface area contributed by atoms with Crippen molar-refractivity contribution in [3.63, 3.8) is 0 Å². The van der Waals surface area contributed by atoms with Crippen LogP contribution in [0.4, 0.5) is 11.4 Å². The van der Waals surface area contributed by atoms with E-state index in [0.29, 0.717) is 33.6 Å². The molecule has 0 saturated carbocycles. The summed E-state index contributed by atoms with van der Waals surface area (Å²) in [6, 6.07) is 18.8. The second-order valence-electron chi connectivity index (χ2n) is 8.65. The zero-order valence-electron chi connectivity index (χ0n) is 19.1. The summed E-state index contributed by atoms with van der Waals surface area (Å²) < 4.78 is 1.27. The molecule has 3 heterocycles. The molecule has 1 fully saturated rings. The molecule has 1 saturated heterocycles. The van der Waals surface area contributed by atoms with E-state index in [9.17, 15) is 9.90 Å². The van der Waals surface area contributed by atoms with Gasteiger partial charge in [-0.15, -0.1) is 0 Å². The van der Waals surface area contributed by atoms with Gasteiger partial charge in [-0.2, -0.15) is 0 Å². The standard InChI is InChI=1S/C27H27N5O2/c1-18(33)32-24-15-20(28)9-12-23(24)25(27(32)34)26(19-7-3-2-4-8-19)30-21-10-11-22(29-16-21)17-31-13-5-6-14-31/h2-4,7-12,15-16,34H,5-6,13-14,17,28H2,1H3. The lowest BCUT2D eigenvalue weighted by Crippen LogP contribution is -2.18. The largest absolute Gasteiger partial charge is 0.494 e. The molecule has 0 atom stereocenters. The Bertz CT molecular complexity index is 1370. The van der Waals surface area contributed by atoms with Crippen LogP contribution in [0, 0.1) is 0 Å². The van der Waals surface area contributed by atoms with Crippen LogP contribution in [0.15, 0.2) is 71.9 Å². The first-order valence-corrected chi connectivity index (χ1v) is 11.5. The van der Waals surface area contributed by atoms with Gasteiger partial charge in [-0.1, -0.05) is 30.3 Å². The number of aliphatic imine (C=N–C) groups is 1. The van der Waals surface area contributed by atoms with Gasteiger partial charge in [0.15, 0.2) is 0 Å². The summed E-state index contributed by atoms with van der Waals surface area (Å²) in [6.45, 7) is 4.48. The molecule has 2 aromatic heterocycles. The van der Waals surface area contributed by atoms with Crippen LogP contribution in [0.1, 0.15) is 41.4 Å². The van der Waals surface area contributed by atoms with Gasteiger partial charge in [-0.3, -0.25) is 19.2 Å². The topological polar surface area (TPSA) is 96.7 Å². The lowest BCUT2D eigenvalue weighted by Gasteiger charge is -2.13. The fourth-order valence-corrected chi connectivity index (χ4v) is 4.58. The number of pyridine rings is 1.